The molecule has 1 aliphatic heterocycles. The number of thioether (sulfide) groups is 1. The SMILES string of the molecule is CCCCSc1nc2n(n1)C(c1cccc(OCCC)c1)C(C(=O)Nc1cccc(C)c1)=C(C)N2. The minimum Gasteiger partial charge on any atom is -0.494 e. The van der Waals surface area contributed by atoms with E-state index in [2.05, 4.69) is 24.5 Å². The molecular formula is C27H33N5O2S. The maximum atomic E-state index is 13.7. The van der Waals surface area contributed by atoms with Gasteiger partial charge in [0, 0.05) is 17.1 Å². The Morgan fingerprint density at radius 3 is 2.74 bits per heavy atom. The fourth-order valence-corrected chi connectivity index (χ4v) is 4.93. The lowest BCUT2D eigenvalue weighted by molar-refractivity contribution is -0.113. The number of hydrogen-bond donors (Lipinski definition) is 2. The molecule has 35 heavy (non-hydrogen) atoms. The van der Waals surface area contributed by atoms with Crippen LogP contribution in [0.1, 0.15) is 57.2 Å². The van der Waals surface area contributed by atoms with Crippen LogP contribution in [0.15, 0.2) is 65.0 Å². The molecule has 0 bridgehead atoms. The molecule has 2 heterocycles. The molecule has 0 spiro atoms. The van der Waals surface area contributed by atoms with Crippen molar-refractivity contribution >= 4 is 29.3 Å². The third kappa shape index (κ3) is 5.88. The Labute approximate surface area is 211 Å². The lowest BCUT2D eigenvalue weighted by atomic mass is 9.94. The number of allylic oxidation sites excluding steroid dienone is 1. The number of rotatable bonds is 10. The van der Waals surface area contributed by atoms with Gasteiger partial charge in [-0.2, -0.15) is 4.98 Å². The molecule has 1 amide bonds. The molecular weight excluding hydrogens is 458 g/mol. The third-order valence-corrected chi connectivity index (χ3v) is 6.65. The highest BCUT2D eigenvalue weighted by Crippen LogP contribution is 2.37. The van der Waals surface area contributed by atoms with Crippen molar-refractivity contribution in [2.75, 3.05) is 23.0 Å². The zero-order valence-corrected chi connectivity index (χ0v) is 21.6. The second kappa shape index (κ2) is 11.4. The average Bonchev–Trinajstić information content (AvgIpc) is 3.24. The lowest BCUT2D eigenvalue weighted by Gasteiger charge is -2.29. The van der Waals surface area contributed by atoms with Crippen molar-refractivity contribution in [3.63, 3.8) is 0 Å². The molecule has 0 radical (unpaired) electrons. The van der Waals surface area contributed by atoms with Crippen LogP contribution in [-0.2, 0) is 4.79 Å². The summed E-state index contributed by atoms with van der Waals surface area (Å²) < 4.78 is 7.72. The molecule has 2 aromatic carbocycles. The van der Waals surface area contributed by atoms with E-state index in [1.165, 1.54) is 0 Å². The summed E-state index contributed by atoms with van der Waals surface area (Å²) in [5, 5.41) is 11.9. The zero-order chi connectivity index (χ0) is 24.8. The summed E-state index contributed by atoms with van der Waals surface area (Å²) in [6.07, 6.45) is 3.14. The van der Waals surface area contributed by atoms with Crippen LogP contribution < -0.4 is 15.4 Å². The highest BCUT2D eigenvalue weighted by molar-refractivity contribution is 7.99. The van der Waals surface area contributed by atoms with Gasteiger partial charge >= 0.3 is 0 Å². The van der Waals surface area contributed by atoms with Gasteiger partial charge in [-0.15, -0.1) is 5.10 Å². The summed E-state index contributed by atoms with van der Waals surface area (Å²) in [6, 6.07) is 15.3. The van der Waals surface area contributed by atoms with Gasteiger partial charge in [0.2, 0.25) is 11.1 Å². The molecule has 7 nitrogen and oxygen atoms in total. The van der Waals surface area contributed by atoms with Crippen LogP contribution in [0.5, 0.6) is 5.75 Å². The molecule has 184 valence electrons. The Morgan fingerprint density at radius 2 is 1.97 bits per heavy atom. The maximum Gasteiger partial charge on any atom is 0.255 e. The van der Waals surface area contributed by atoms with E-state index in [0.717, 1.165) is 53.3 Å². The van der Waals surface area contributed by atoms with Crippen LogP contribution in [0.4, 0.5) is 11.6 Å². The van der Waals surface area contributed by atoms with Crippen LogP contribution in [0.2, 0.25) is 0 Å². The van der Waals surface area contributed by atoms with E-state index in [1.807, 2.05) is 67.1 Å². The maximum absolute atomic E-state index is 13.7. The Balaban J connectivity index is 1.73. The van der Waals surface area contributed by atoms with Crippen LogP contribution in [0.25, 0.3) is 0 Å². The molecule has 1 aliphatic rings. The van der Waals surface area contributed by atoms with Crippen LogP contribution >= 0.6 is 11.8 Å². The molecule has 0 saturated carbocycles. The Kier molecular flexibility index (Phi) is 8.13. The molecule has 2 N–H and O–H groups in total. The zero-order valence-electron chi connectivity index (χ0n) is 20.8. The number of unbranched alkanes of at least 4 members (excludes halogenated alkanes) is 1. The highest BCUT2D eigenvalue weighted by Gasteiger charge is 2.34. The first kappa shape index (κ1) is 24.9. The molecule has 4 rings (SSSR count). The van der Waals surface area contributed by atoms with Crippen LogP contribution in [0.3, 0.4) is 0 Å². The summed E-state index contributed by atoms with van der Waals surface area (Å²) in [4.78, 5) is 18.4. The molecule has 0 saturated heterocycles. The molecule has 0 aliphatic carbocycles. The van der Waals surface area contributed by atoms with Crippen molar-refractivity contribution in [3.8, 4) is 5.75 Å². The molecule has 1 aromatic heterocycles. The number of nitrogens with zero attached hydrogens (tertiary/aromatic N) is 3. The first-order valence-corrected chi connectivity index (χ1v) is 13.2. The number of benzene rings is 2. The van der Waals surface area contributed by atoms with Gasteiger partial charge < -0.3 is 15.4 Å². The summed E-state index contributed by atoms with van der Waals surface area (Å²) in [5.41, 5.74) is 4.12. The Morgan fingerprint density at radius 1 is 1.14 bits per heavy atom. The molecule has 1 unspecified atom stereocenters. The second-order valence-electron chi connectivity index (χ2n) is 8.68. The van der Waals surface area contributed by atoms with Crippen molar-refractivity contribution in [2.45, 2.75) is 58.2 Å². The largest absolute Gasteiger partial charge is 0.494 e. The average molecular weight is 492 g/mol. The smallest absolute Gasteiger partial charge is 0.255 e. The number of aryl methyl sites for hydroxylation is 1. The van der Waals surface area contributed by atoms with Crippen LogP contribution in [0, 0.1) is 6.92 Å². The van der Waals surface area contributed by atoms with Gasteiger partial charge in [-0.1, -0.05) is 56.3 Å². The number of hydrogen-bond acceptors (Lipinski definition) is 6. The van der Waals surface area contributed by atoms with Crippen LogP contribution in [-0.4, -0.2) is 33.0 Å². The monoisotopic (exact) mass is 491 g/mol. The van der Waals surface area contributed by atoms with Gasteiger partial charge in [-0.3, -0.25) is 4.79 Å². The minimum absolute atomic E-state index is 0.174. The van der Waals surface area contributed by atoms with E-state index in [0.29, 0.717) is 23.3 Å². The summed E-state index contributed by atoms with van der Waals surface area (Å²) >= 11 is 1.64. The predicted molar refractivity (Wildman–Crippen MR) is 142 cm³/mol. The van der Waals surface area contributed by atoms with Gasteiger partial charge in [-0.25, -0.2) is 4.68 Å². The van der Waals surface area contributed by atoms with Gasteiger partial charge in [0.05, 0.1) is 12.2 Å². The Hall–Kier alpha value is -3.26. The molecule has 0 fully saturated rings. The van der Waals surface area contributed by atoms with Gasteiger partial charge in [0.1, 0.15) is 11.8 Å². The van der Waals surface area contributed by atoms with E-state index in [-0.39, 0.29) is 5.91 Å². The predicted octanol–water partition coefficient (Wildman–Crippen LogP) is 6.20. The van der Waals surface area contributed by atoms with Crippen molar-refractivity contribution in [3.05, 3.63) is 70.9 Å². The van der Waals surface area contributed by atoms with E-state index in [4.69, 9.17) is 14.8 Å². The number of anilines is 2. The number of amides is 1. The summed E-state index contributed by atoms with van der Waals surface area (Å²) in [7, 11) is 0. The summed E-state index contributed by atoms with van der Waals surface area (Å²) in [5.74, 6) is 2.20. The van der Waals surface area contributed by atoms with E-state index in [1.54, 1.807) is 11.8 Å². The normalized spacial score (nSPS) is 14.9. The number of carbonyl (C=O) groups is 1. The topological polar surface area (TPSA) is 81.1 Å². The number of fused-ring (bicyclic) bond motifs is 1. The molecule has 8 heteroatoms. The summed E-state index contributed by atoms with van der Waals surface area (Å²) in [6.45, 7) is 8.81. The van der Waals surface area contributed by atoms with Crippen molar-refractivity contribution in [1.82, 2.24) is 14.8 Å². The standard InChI is InChI=1S/C27H33N5O2S/c1-5-7-15-35-27-30-26-28-19(4)23(25(33)29-21-12-8-10-18(3)16-21)24(32(26)31-27)20-11-9-13-22(17-20)34-14-6-2/h8-13,16-17,24H,5-7,14-15H2,1-4H3,(H,29,33)(H,28,30,31). The minimum atomic E-state index is -0.436. The first-order chi connectivity index (χ1) is 17.0. The number of nitrogens with one attached hydrogen (secondary N) is 2. The quantitative estimate of drug-likeness (QED) is 0.260. The highest BCUT2D eigenvalue weighted by atomic mass is 32.2. The van der Waals surface area contributed by atoms with E-state index in [9.17, 15) is 4.79 Å². The van der Waals surface area contributed by atoms with E-state index >= 15 is 0 Å². The number of carbonyl (C=O) groups excluding carboxylic acids is 1. The van der Waals surface area contributed by atoms with Gasteiger partial charge in [0.25, 0.3) is 5.91 Å². The van der Waals surface area contributed by atoms with Crippen molar-refractivity contribution in [2.24, 2.45) is 0 Å². The number of ether oxygens (including phenoxy) is 1. The fraction of sp³-hybridized carbons (Fsp3) is 0.370. The van der Waals surface area contributed by atoms with Gasteiger partial charge in [0.15, 0.2) is 0 Å². The van der Waals surface area contributed by atoms with Crippen molar-refractivity contribution < 1.29 is 9.53 Å². The van der Waals surface area contributed by atoms with Gasteiger partial charge in [-0.05, 0) is 62.1 Å². The van der Waals surface area contributed by atoms with Crippen molar-refractivity contribution in [1.29, 1.82) is 0 Å². The molecule has 3 aromatic rings. The fourth-order valence-electron chi connectivity index (χ4n) is 4.02. The third-order valence-electron chi connectivity index (χ3n) is 5.73. The first-order valence-electron chi connectivity index (χ1n) is 12.2. The van der Waals surface area contributed by atoms with E-state index < -0.39 is 6.04 Å². The second-order valence-corrected chi connectivity index (χ2v) is 9.74. The lowest BCUT2D eigenvalue weighted by Crippen LogP contribution is -2.31. The number of aromatic nitrogens is 3. The molecule has 1 atom stereocenters. The Bertz CT molecular complexity index is 1220.